The lowest BCUT2D eigenvalue weighted by molar-refractivity contribution is 1.26. The number of aliphatic imine (C=N–C) groups is 1. The Kier molecular flexibility index (Phi) is 4.00. The smallest absolute Gasteiger partial charge is 0.158 e. The molecule has 4 nitrogen and oxygen atoms in total. The topological polar surface area (TPSA) is 88.2 Å². The standard InChI is InChI=1S/C6H7BrN4/c1-4(10)11-6(3-9)5(7)2-8/h2H,1,8,10H2/b5-2+,11-6?. The molecule has 0 bridgehead atoms. The number of halogens is 1. The second-order valence-corrected chi connectivity index (χ2v) is 2.43. The first-order chi connectivity index (χ1) is 5.11. The van der Waals surface area contributed by atoms with Gasteiger partial charge in [0.1, 0.15) is 11.9 Å². The summed E-state index contributed by atoms with van der Waals surface area (Å²) in [6, 6.07) is 1.80. The van der Waals surface area contributed by atoms with E-state index < -0.39 is 0 Å². The van der Waals surface area contributed by atoms with Gasteiger partial charge in [0, 0.05) is 6.20 Å². The van der Waals surface area contributed by atoms with Gasteiger partial charge in [0.25, 0.3) is 0 Å². The molecule has 0 aromatic carbocycles. The van der Waals surface area contributed by atoms with Crippen molar-refractivity contribution in [1.82, 2.24) is 0 Å². The summed E-state index contributed by atoms with van der Waals surface area (Å²) in [5.41, 5.74) is 10.4. The lowest BCUT2D eigenvalue weighted by Gasteiger charge is -1.92. The number of hydrogen-bond acceptors (Lipinski definition) is 4. The first-order valence-electron chi connectivity index (χ1n) is 2.62. The summed E-state index contributed by atoms with van der Waals surface area (Å²) in [5, 5.41) is 8.47. The number of allylic oxidation sites excluding steroid dienone is 1. The minimum atomic E-state index is 0.0698. The van der Waals surface area contributed by atoms with E-state index in [1.165, 1.54) is 6.20 Å². The van der Waals surface area contributed by atoms with E-state index in [1.807, 2.05) is 0 Å². The van der Waals surface area contributed by atoms with Crippen LogP contribution in [0.15, 0.2) is 28.1 Å². The first-order valence-corrected chi connectivity index (χ1v) is 3.42. The average molecular weight is 215 g/mol. The van der Waals surface area contributed by atoms with Crippen LogP contribution in [0.5, 0.6) is 0 Å². The molecule has 5 heteroatoms. The van der Waals surface area contributed by atoms with Gasteiger partial charge in [-0.05, 0) is 15.9 Å². The van der Waals surface area contributed by atoms with Gasteiger partial charge in [0.2, 0.25) is 0 Å². The molecule has 0 fully saturated rings. The van der Waals surface area contributed by atoms with Gasteiger partial charge in [0.05, 0.1) is 4.48 Å². The van der Waals surface area contributed by atoms with Crippen LogP contribution < -0.4 is 11.5 Å². The molecule has 0 aromatic rings. The highest BCUT2D eigenvalue weighted by Gasteiger charge is 2.00. The first kappa shape index (κ1) is 9.72. The fraction of sp³-hybridized carbons (Fsp3) is 0. The lowest BCUT2D eigenvalue weighted by Crippen LogP contribution is -2.00. The van der Waals surface area contributed by atoms with E-state index >= 15 is 0 Å². The summed E-state index contributed by atoms with van der Waals surface area (Å²) in [7, 11) is 0. The molecular weight excluding hydrogens is 208 g/mol. The summed E-state index contributed by atoms with van der Waals surface area (Å²) < 4.78 is 0.395. The van der Waals surface area contributed by atoms with Crippen molar-refractivity contribution in [3.63, 3.8) is 0 Å². The van der Waals surface area contributed by atoms with E-state index in [4.69, 9.17) is 16.7 Å². The molecular formula is C6H7BrN4. The van der Waals surface area contributed by atoms with E-state index in [-0.39, 0.29) is 11.5 Å². The molecule has 0 unspecified atom stereocenters. The zero-order valence-electron chi connectivity index (χ0n) is 5.71. The van der Waals surface area contributed by atoms with Crippen LogP contribution in [0, 0.1) is 11.3 Å². The molecule has 4 N–H and O–H groups in total. The SMILES string of the molecule is C=C(N)N=C(C#N)/C(Br)=C\N. The van der Waals surface area contributed by atoms with Crippen molar-refractivity contribution in [1.29, 1.82) is 5.26 Å². The third-order valence-electron chi connectivity index (χ3n) is 0.734. The van der Waals surface area contributed by atoms with Crippen molar-refractivity contribution in [2.75, 3.05) is 0 Å². The van der Waals surface area contributed by atoms with Crippen molar-refractivity contribution in [3.05, 3.63) is 23.1 Å². The fourth-order valence-electron chi connectivity index (χ4n) is 0.354. The number of hydrogen-bond donors (Lipinski definition) is 2. The highest BCUT2D eigenvalue weighted by molar-refractivity contribution is 9.12. The minimum absolute atomic E-state index is 0.0698. The Bertz CT molecular complexity index is 258. The Hall–Kier alpha value is -1.28. The van der Waals surface area contributed by atoms with Crippen LogP contribution >= 0.6 is 15.9 Å². The van der Waals surface area contributed by atoms with E-state index in [0.29, 0.717) is 4.48 Å². The number of nitrogens with zero attached hydrogens (tertiary/aromatic N) is 2. The quantitative estimate of drug-likeness (QED) is 0.660. The van der Waals surface area contributed by atoms with E-state index in [1.54, 1.807) is 6.07 Å². The summed E-state index contributed by atoms with van der Waals surface area (Å²) in [4.78, 5) is 3.61. The van der Waals surface area contributed by atoms with E-state index in [0.717, 1.165) is 0 Å². The molecule has 0 spiro atoms. The Balaban J connectivity index is 4.72. The maximum absolute atomic E-state index is 8.47. The molecule has 58 valence electrons. The predicted octanol–water partition coefficient (Wildman–Crippen LogP) is 0.576. The summed E-state index contributed by atoms with van der Waals surface area (Å²) >= 11 is 3.02. The highest BCUT2D eigenvalue weighted by atomic mass is 79.9. The number of nitrogens with two attached hydrogens (primary N) is 2. The maximum atomic E-state index is 8.47. The van der Waals surface area contributed by atoms with Crippen LogP contribution in [0.25, 0.3) is 0 Å². The molecule has 11 heavy (non-hydrogen) atoms. The predicted molar refractivity (Wildman–Crippen MR) is 47.6 cm³/mol. The van der Waals surface area contributed by atoms with Crippen LogP contribution in [0.2, 0.25) is 0 Å². The van der Waals surface area contributed by atoms with Crippen molar-refractivity contribution in [3.8, 4) is 6.07 Å². The fourth-order valence-corrected chi connectivity index (χ4v) is 0.532. The third kappa shape index (κ3) is 3.43. The van der Waals surface area contributed by atoms with Gasteiger partial charge < -0.3 is 11.5 Å². The molecule has 0 aliphatic carbocycles. The largest absolute Gasteiger partial charge is 0.404 e. The molecule has 0 amide bonds. The van der Waals surface area contributed by atoms with Crippen LogP contribution in [-0.2, 0) is 0 Å². The lowest BCUT2D eigenvalue weighted by atomic mass is 10.4. The summed E-state index contributed by atoms with van der Waals surface area (Å²) in [6.07, 6.45) is 1.21. The Labute approximate surface area is 73.0 Å². The monoisotopic (exact) mass is 214 g/mol. The van der Waals surface area contributed by atoms with Gasteiger partial charge in [0.15, 0.2) is 5.71 Å². The Morgan fingerprint density at radius 3 is 2.55 bits per heavy atom. The van der Waals surface area contributed by atoms with Crippen molar-refractivity contribution in [2.24, 2.45) is 16.5 Å². The zero-order valence-corrected chi connectivity index (χ0v) is 7.30. The second kappa shape index (κ2) is 4.52. The van der Waals surface area contributed by atoms with Crippen LogP contribution in [0.4, 0.5) is 0 Å². The van der Waals surface area contributed by atoms with Gasteiger partial charge in [-0.15, -0.1) is 0 Å². The van der Waals surface area contributed by atoms with E-state index in [2.05, 4.69) is 27.5 Å². The van der Waals surface area contributed by atoms with Crippen LogP contribution in [0.1, 0.15) is 0 Å². The normalized spacial score (nSPS) is 12.4. The second-order valence-electron chi connectivity index (χ2n) is 1.58. The molecule has 0 saturated carbocycles. The van der Waals surface area contributed by atoms with E-state index in [9.17, 15) is 0 Å². The highest BCUT2D eigenvalue weighted by Crippen LogP contribution is 2.05. The van der Waals surface area contributed by atoms with Gasteiger partial charge in [-0.3, -0.25) is 0 Å². The molecule has 0 radical (unpaired) electrons. The van der Waals surface area contributed by atoms with Gasteiger partial charge in [-0.1, -0.05) is 6.58 Å². The molecule has 0 rings (SSSR count). The Morgan fingerprint density at radius 2 is 2.27 bits per heavy atom. The maximum Gasteiger partial charge on any atom is 0.158 e. The molecule has 0 aliphatic heterocycles. The Morgan fingerprint density at radius 1 is 1.73 bits per heavy atom. The van der Waals surface area contributed by atoms with Gasteiger partial charge in [-0.25, -0.2) is 4.99 Å². The molecule has 0 heterocycles. The van der Waals surface area contributed by atoms with Gasteiger partial charge in [-0.2, -0.15) is 5.26 Å². The third-order valence-corrected chi connectivity index (χ3v) is 1.37. The molecule has 0 aromatic heterocycles. The number of rotatable bonds is 2. The molecule has 0 saturated heterocycles. The minimum Gasteiger partial charge on any atom is -0.404 e. The van der Waals surface area contributed by atoms with Crippen molar-refractivity contribution < 1.29 is 0 Å². The van der Waals surface area contributed by atoms with Crippen LogP contribution in [0.3, 0.4) is 0 Å². The molecule has 0 atom stereocenters. The molecule has 0 aliphatic rings. The van der Waals surface area contributed by atoms with Crippen molar-refractivity contribution >= 4 is 21.6 Å². The number of nitriles is 1. The van der Waals surface area contributed by atoms with Gasteiger partial charge >= 0.3 is 0 Å². The summed E-state index contributed by atoms with van der Waals surface area (Å²) in [6.45, 7) is 3.31. The zero-order chi connectivity index (χ0) is 8.85. The average Bonchev–Trinajstić information content (AvgIpc) is 1.98. The van der Waals surface area contributed by atoms with Crippen molar-refractivity contribution in [2.45, 2.75) is 0 Å². The van der Waals surface area contributed by atoms with Crippen LogP contribution in [-0.4, -0.2) is 5.71 Å². The summed E-state index contributed by atoms with van der Waals surface area (Å²) in [5.74, 6) is 0.0698.